The van der Waals surface area contributed by atoms with Crippen molar-refractivity contribution >= 4 is 0 Å². The molecule has 1 radical (unpaired) electrons. The van der Waals surface area contributed by atoms with Crippen molar-refractivity contribution < 1.29 is 0 Å². The van der Waals surface area contributed by atoms with Gasteiger partial charge in [-0.3, -0.25) is 0 Å². The lowest BCUT2D eigenvalue weighted by atomic mass is 9.86. The van der Waals surface area contributed by atoms with E-state index < -0.39 is 0 Å². The minimum Gasteiger partial charge on any atom is -0.0845 e. The van der Waals surface area contributed by atoms with Gasteiger partial charge in [-0.1, -0.05) is 57.6 Å². The van der Waals surface area contributed by atoms with Gasteiger partial charge in [0.2, 0.25) is 0 Å². The van der Waals surface area contributed by atoms with Crippen molar-refractivity contribution in [1.82, 2.24) is 0 Å². The first-order valence-electron chi connectivity index (χ1n) is 5.47. The summed E-state index contributed by atoms with van der Waals surface area (Å²) >= 11 is 0. The molecule has 1 saturated carbocycles. The third kappa shape index (κ3) is 3.94. The summed E-state index contributed by atoms with van der Waals surface area (Å²) < 4.78 is 0. The number of hydrogen-bond donors (Lipinski definition) is 0. The highest BCUT2D eigenvalue weighted by Crippen LogP contribution is 2.27. The highest BCUT2D eigenvalue weighted by molar-refractivity contribution is 4.67. The third-order valence-electron chi connectivity index (χ3n) is 2.96. The van der Waals surface area contributed by atoms with Crippen molar-refractivity contribution in [1.29, 1.82) is 0 Å². The van der Waals surface area contributed by atoms with E-state index in [1.54, 1.807) is 6.08 Å². The smallest absolute Gasteiger partial charge is 0.0348 e. The zero-order valence-corrected chi connectivity index (χ0v) is 8.10. The predicted octanol–water partition coefficient (Wildman–Crippen LogP) is 4.12. The van der Waals surface area contributed by atoms with Crippen LogP contribution in [0.15, 0.2) is 6.08 Å². The van der Waals surface area contributed by atoms with E-state index in [1.165, 1.54) is 51.4 Å². The number of unbranched alkanes of at least 4 members (excludes halogenated alkanes) is 2. The fraction of sp³-hybridized carbons (Fsp3) is 0.833. The lowest BCUT2D eigenvalue weighted by Gasteiger charge is -2.20. The van der Waals surface area contributed by atoms with Crippen LogP contribution in [-0.4, -0.2) is 0 Å². The Labute approximate surface area is 77.1 Å². The molecule has 0 aromatic carbocycles. The van der Waals surface area contributed by atoms with E-state index >= 15 is 0 Å². The van der Waals surface area contributed by atoms with E-state index in [4.69, 9.17) is 6.58 Å². The fourth-order valence-corrected chi connectivity index (χ4v) is 2.17. The molecule has 12 heavy (non-hydrogen) atoms. The van der Waals surface area contributed by atoms with Gasteiger partial charge in [0.15, 0.2) is 0 Å². The Balaban J connectivity index is 1.94. The standard InChI is InChI=1S/C12H21/c1-2-3-4-6-9-12-10-7-5-8-11-12/h1-2,12H,3-11H2. The molecule has 0 N–H and O–H groups in total. The minimum atomic E-state index is 1.05. The van der Waals surface area contributed by atoms with Crippen LogP contribution in [0.1, 0.15) is 57.8 Å². The summed E-state index contributed by atoms with van der Waals surface area (Å²) in [5.41, 5.74) is 0. The van der Waals surface area contributed by atoms with E-state index in [9.17, 15) is 0 Å². The van der Waals surface area contributed by atoms with Crippen LogP contribution in [0, 0.1) is 12.5 Å². The zero-order valence-electron chi connectivity index (χ0n) is 8.10. The largest absolute Gasteiger partial charge is 0.0845 e. The van der Waals surface area contributed by atoms with Crippen molar-refractivity contribution in [2.75, 3.05) is 0 Å². The van der Waals surface area contributed by atoms with Gasteiger partial charge >= 0.3 is 0 Å². The van der Waals surface area contributed by atoms with Gasteiger partial charge in [-0.05, 0) is 18.8 Å². The van der Waals surface area contributed by atoms with Crippen molar-refractivity contribution in [3.05, 3.63) is 12.7 Å². The van der Waals surface area contributed by atoms with Crippen molar-refractivity contribution in [3.63, 3.8) is 0 Å². The summed E-state index contributed by atoms with van der Waals surface area (Å²) in [7, 11) is 0. The molecule has 0 unspecified atom stereocenters. The molecule has 0 nitrogen and oxygen atoms in total. The number of hydrogen-bond acceptors (Lipinski definition) is 0. The van der Waals surface area contributed by atoms with Crippen LogP contribution in [0.25, 0.3) is 0 Å². The Bertz CT molecular complexity index is 109. The fourth-order valence-electron chi connectivity index (χ4n) is 2.17. The SMILES string of the molecule is [CH]=CCCCCC1CCCCC1. The summed E-state index contributed by atoms with van der Waals surface area (Å²) in [6, 6.07) is 0. The molecule has 0 atom stereocenters. The van der Waals surface area contributed by atoms with Crippen molar-refractivity contribution in [2.24, 2.45) is 5.92 Å². The van der Waals surface area contributed by atoms with Crippen LogP contribution < -0.4 is 0 Å². The first-order chi connectivity index (χ1) is 5.93. The van der Waals surface area contributed by atoms with Gasteiger partial charge in [-0.25, -0.2) is 0 Å². The molecule has 0 heteroatoms. The maximum atomic E-state index is 5.32. The van der Waals surface area contributed by atoms with Crippen LogP contribution >= 0.6 is 0 Å². The van der Waals surface area contributed by atoms with Crippen LogP contribution in [0.4, 0.5) is 0 Å². The quantitative estimate of drug-likeness (QED) is 0.538. The topological polar surface area (TPSA) is 0 Å². The van der Waals surface area contributed by atoms with Gasteiger partial charge in [0.05, 0.1) is 0 Å². The van der Waals surface area contributed by atoms with Crippen LogP contribution in [0.3, 0.4) is 0 Å². The monoisotopic (exact) mass is 165 g/mol. The van der Waals surface area contributed by atoms with E-state index in [-0.39, 0.29) is 0 Å². The van der Waals surface area contributed by atoms with Crippen molar-refractivity contribution in [2.45, 2.75) is 57.8 Å². The zero-order chi connectivity index (χ0) is 8.65. The molecule has 1 fully saturated rings. The first-order valence-corrected chi connectivity index (χ1v) is 5.47. The normalized spacial score (nSPS) is 19.3. The summed E-state index contributed by atoms with van der Waals surface area (Å²) in [6.07, 6.45) is 14.5. The number of rotatable bonds is 5. The number of allylic oxidation sites excluding steroid dienone is 1. The van der Waals surface area contributed by atoms with Gasteiger partial charge in [-0.15, -0.1) is 0 Å². The maximum Gasteiger partial charge on any atom is -0.0348 e. The maximum absolute atomic E-state index is 5.32. The van der Waals surface area contributed by atoms with E-state index in [0.29, 0.717) is 0 Å². The highest BCUT2D eigenvalue weighted by atomic mass is 14.2. The van der Waals surface area contributed by atoms with Gasteiger partial charge in [-0.2, -0.15) is 0 Å². The third-order valence-corrected chi connectivity index (χ3v) is 2.96. The average molecular weight is 165 g/mol. The lowest BCUT2D eigenvalue weighted by Crippen LogP contribution is -2.05. The predicted molar refractivity (Wildman–Crippen MR) is 53.9 cm³/mol. The molecule has 0 amide bonds. The van der Waals surface area contributed by atoms with Crippen LogP contribution in [0.5, 0.6) is 0 Å². The molecule has 0 saturated heterocycles. The minimum absolute atomic E-state index is 1.05. The molecule has 0 spiro atoms. The van der Waals surface area contributed by atoms with Gasteiger partial charge < -0.3 is 0 Å². The van der Waals surface area contributed by atoms with Gasteiger partial charge in [0, 0.05) is 0 Å². The first kappa shape index (κ1) is 9.83. The summed E-state index contributed by atoms with van der Waals surface area (Å²) in [5.74, 6) is 1.05. The van der Waals surface area contributed by atoms with E-state index in [1.807, 2.05) is 0 Å². The molecule has 1 aliphatic carbocycles. The molecular formula is C12H21. The second-order valence-electron chi connectivity index (χ2n) is 4.02. The van der Waals surface area contributed by atoms with Gasteiger partial charge in [0.1, 0.15) is 0 Å². The summed E-state index contributed by atoms with van der Waals surface area (Å²) in [6.45, 7) is 5.32. The Hall–Kier alpha value is -0.260. The second-order valence-corrected chi connectivity index (χ2v) is 4.02. The molecule has 1 aliphatic rings. The van der Waals surface area contributed by atoms with Crippen LogP contribution in [-0.2, 0) is 0 Å². The van der Waals surface area contributed by atoms with Gasteiger partial charge in [0.25, 0.3) is 0 Å². The van der Waals surface area contributed by atoms with Crippen LogP contribution in [0.2, 0.25) is 0 Å². The average Bonchev–Trinajstić information content (AvgIpc) is 2.14. The van der Waals surface area contributed by atoms with E-state index in [2.05, 4.69) is 0 Å². The van der Waals surface area contributed by atoms with Crippen molar-refractivity contribution in [3.8, 4) is 0 Å². The molecule has 0 heterocycles. The molecular weight excluding hydrogens is 144 g/mol. The molecule has 0 aliphatic heterocycles. The summed E-state index contributed by atoms with van der Waals surface area (Å²) in [5, 5.41) is 0. The lowest BCUT2D eigenvalue weighted by molar-refractivity contribution is 0.330. The highest BCUT2D eigenvalue weighted by Gasteiger charge is 2.11. The summed E-state index contributed by atoms with van der Waals surface area (Å²) in [4.78, 5) is 0. The Morgan fingerprint density at radius 3 is 2.50 bits per heavy atom. The van der Waals surface area contributed by atoms with E-state index in [0.717, 1.165) is 12.3 Å². The Morgan fingerprint density at radius 1 is 1.08 bits per heavy atom. The molecule has 69 valence electrons. The Kier molecular flexibility index (Phi) is 5.14. The second kappa shape index (κ2) is 6.28. The molecule has 1 rings (SSSR count). The Morgan fingerprint density at radius 2 is 1.83 bits per heavy atom. The molecule has 0 aromatic heterocycles. The molecule has 0 bridgehead atoms. The molecule has 0 aromatic rings.